The van der Waals surface area contributed by atoms with Crippen molar-refractivity contribution in [1.29, 1.82) is 0 Å². The van der Waals surface area contributed by atoms with Crippen LogP contribution in [0, 0.1) is 6.92 Å². The first kappa shape index (κ1) is 15.4. The van der Waals surface area contributed by atoms with Gasteiger partial charge in [0, 0.05) is 11.1 Å². The molecule has 0 spiro atoms. The summed E-state index contributed by atoms with van der Waals surface area (Å²) in [4.78, 5) is 24.1. The maximum atomic E-state index is 12.2. The van der Waals surface area contributed by atoms with Gasteiger partial charge in [0.05, 0.1) is 17.0 Å². The maximum Gasteiger partial charge on any atom is 0.335 e. The Hall–Kier alpha value is -1.97. The lowest BCUT2D eigenvalue weighted by atomic mass is 10.1. The number of hydrogen-bond acceptors (Lipinski definition) is 5. The van der Waals surface area contributed by atoms with Crippen LogP contribution in [0.15, 0.2) is 33.3 Å². The van der Waals surface area contributed by atoms with E-state index >= 15 is 0 Å². The lowest BCUT2D eigenvalue weighted by molar-refractivity contribution is 0.0696. The zero-order valence-electron chi connectivity index (χ0n) is 10.9. The topological polar surface area (TPSA) is 116 Å². The van der Waals surface area contributed by atoms with Crippen molar-refractivity contribution in [3.63, 3.8) is 0 Å². The van der Waals surface area contributed by atoms with E-state index in [0.717, 1.165) is 11.3 Å². The summed E-state index contributed by atoms with van der Waals surface area (Å²) in [5, 5.41) is 10.5. The Labute approximate surface area is 124 Å². The number of aromatic nitrogens is 1. The van der Waals surface area contributed by atoms with Gasteiger partial charge in [0.1, 0.15) is 0 Å². The molecule has 0 aliphatic heterocycles. The second-order valence-electron chi connectivity index (χ2n) is 4.23. The van der Waals surface area contributed by atoms with Crippen LogP contribution >= 0.6 is 11.3 Å². The third-order valence-corrected chi connectivity index (χ3v) is 5.09. The number of hydrogen-bond donors (Lipinski definition) is 3. The molecule has 1 aromatic heterocycles. The summed E-state index contributed by atoms with van der Waals surface area (Å²) in [7, 11) is -3.87. The number of benzene rings is 1. The van der Waals surface area contributed by atoms with E-state index in [1.54, 1.807) is 0 Å². The molecule has 0 saturated carbocycles. The summed E-state index contributed by atoms with van der Waals surface area (Å²) < 4.78 is 26.8. The highest BCUT2D eigenvalue weighted by atomic mass is 32.2. The first-order chi connectivity index (χ1) is 9.81. The number of thiazole rings is 1. The van der Waals surface area contributed by atoms with Gasteiger partial charge in [-0.25, -0.2) is 17.9 Å². The molecule has 0 amide bonds. The number of sulfonamides is 1. The number of rotatable bonds is 5. The maximum absolute atomic E-state index is 12.2. The fourth-order valence-corrected chi connectivity index (χ4v) is 3.64. The van der Waals surface area contributed by atoms with Crippen LogP contribution < -0.4 is 9.60 Å². The predicted molar refractivity (Wildman–Crippen MR) is 77.1 cm³/mol. The quantitative estimate of drug-likeness (QED) is 0.754. The fourth-order valence-electron chi connectivity index (χ4n) is 1.79. The molecule has 0 aliphatic carbocycles. The van der Waals surface area contributed by atoms with E-state index in [1.165, 1.54) is 30.5 Å². The lowest BCUT2D eigenvalue weighted by Gasteiger charge is -2.10. The SMILES string of the molecule is Cc1c(C(=O)O)cccc1S(=O)(=O)NCc1csc(=O)[nH]1. The zero-order valence-corrected chi connectivity index (χ0v) is 12.5. The van der Waals surface area contributed by atoms with E-state index in [0.29, 0.717) is 5.69 Å². The van der Waals surface area contributed by atoms with E-state index in [1.807, 2.05) is 0 Å². The Morgan fingerprint density at radius 2 is 2.14 bits per heavy atom. The van der Waals surface area contributed by atoms with Crippen LogP contribution in [-0.4, -0.2) is 24.5 Å². The van der Waals surface area contributed by atoms with Crippen LogP contribution in [0.4, 0.5) is 0 Å². The van der Waals surface area contributed by atoms with Crippen molar-refractivity contribution < 1.29 is 18.3 Å². The van der Waals surface area contributed by atoms with E-state index in [-0.39, 0.29) is 27.4 Å². The third-order valence-electron chi connectivity index (χ3n) is 2.83. The van der Waals surface area contributed by atoms with Crippen LogP contribution in [0.5, 0.6) is 0 Å². The van der Waals surface area contributed by atoms with E-state index in [9.17, 15) is 18.0 Å². The predicted octanol–water partition coefficient (Wildman–Crippen LogP) is 0.922. The van der Waals surface area contributed by atoms with Crippen molar-refractivity contribution in [1.82, 2.24) is 9.71 Å². The number of H-pyrrole nitrogens is 1. The van der Waals surface area contributed by atoms with Crippen molar-refractivity contribution in [2.24, 2.45) is 0 Å². The number of carbonyl (C=O) groups is 1. The summed E-state index contributed by atoms with van der Waals surface area (Å²) in [5.41, 5.74) is 0.541. The van der Waals surface area contributed by atoms with Gasteiger partial charge in [0.2, 0.25) is 10.0 Å². The molecule has 0 fully saturated rings. The zero-order chi connectivity index (χ0) is 15.6. The summed E-state index contributed by atoms with van der Waals surface area (Å²) in [6.45, 7) is 1.36. The van der Waals surface area contributed by atoms with Gasteiger partial charge < -0.3 is 10.1 Å². The van der Waals surface area contributed by atoms with Gasteiger partial charge in [-0.05, 0) is 24.6 Å². The van der Waals surface area contributed by atoms with Gasteiger partial charge in [-0.1, -0.05) is 17.4 Å². The molecular weight excluding hydrogens is 316 g/mol. The van der Waals surface area contributed by atoms with Crippen molar-refractivity contribution in [2.45, 2.75) is 18.4 Å². The highest BCUT2D eigenvalue weighted by Gasteiger charge is 2.20. The minimum Gasteiger partial charge on any atom is -0.478 e. The molecule has 0 saturated heterocycles. The second kappa shape index (κ2) is 5.80. The van der Waals surface area contributed by atoms with Crippen LogP contribution in [-0.2, 0) is 16.6 Å². The van der Waals surface area contributed by atoms with Crippen LogP contribution in [0.25, 0.3) is 0 Å². The molecule has 9 heteroatoms. The average molecular weight is 328 g/mol. The van der Waals surface area contributed by atoms with Gasteiger partial charge in [-0.15, -0.1) is 0 Å². The number of aromatic carboxylic acids is 1. The van der Waals surface area contributed by atoms with Gasteiger partial charge in [0.25, 0.3) is 0 Å². The largest absolute Gasteiger partial charge is 0.478 e. The van der Waals surface area contributed by atoms with E-state index < -0.39 is 16.0 Å². The number of carboxylic acid groups (broad SMARTS) is 1. The molecule has 21 heavy (non-hydrogen) atoms. The number of nitrogens with one attached hydrogen (secondary N) is 2. The van der Waals surface area contributed by atoms with Gasteiger partial charge in [-0.2, -0.15) is 0 Å². The van der Waals surface area contributed by atoms with Gasteiger partial charge in [-0.3, -0.25) is 4.79 Å². The van der Waals surface area contributed by atoms with Crippen molar-refractivity contribution >= 4 is 27.3 Å². The normalized spacial score (nSPS) is 11.5. The Bertz CT molecular complexity index is 835. The van der Waals surface area contributed by atoms with Crippen LogP contribution in [0.1, 0.15) is 21.6 Å². The highest BCUT2D eigenvalue weighted by molar-refractivity contribution is 7.89. The standard InChI is InChI=1S/C12H12N2O5S2/c1-7-9(11(15)16)3-2-4-10(7)21(18,19)13-5-8-6-20-12(17)14-8/h2-4,6,13H,5H2,1H3,(H,14,17)(H,15,16). The molecule has 2 aromatic rings. The smallest absolute Gasteiger partial charge is 0.335 e. The van der Waals surface area contributed by atoms with Crippen LogP contribution in [0.2, 0.25) is 0 Å². The molecule has 7 nitrogen and oxygen atoms in total. The monoisotopic (exact) mass is 328 g/mol. The van der Waals surface area contributed by atoms with Crippen LogP contribution in [0.3, 0.4) is 0 Å². The third kappa shape index (κ3) is 3.38. The second-order valence-corrected chi connectivity index (χ2v) is 6.81. The summed E-state index contributed by atoms with van der Waals surface area (Å²) in [6.07, 6.45) is 0. The average Bonchev–Trinajstić information content (AvgIpc) is 2.82. The Morgan fingerprint density at radius 1 is 1.43 bits per heavy atom. The number of carboxylic acids is 1. The summed E-state index contributed by atoms with van der Waals surface area (Å²) >= 11 is 0.937. The Kier molecular flexibility index (Phi) is 4.26. The lowest BCUT2D eigenvalue weighted by Crippen LogP contribution is -2.25. The molecule has 0 bridgehead atoms. The van der Waals surface area contributed by atoms with E-state index in [2.05, 4.69) is 9.71 Å². The van der Waals surface area contributed by atoms with Crippen molar-refractivity contribution in [2.75, 3.05) is 0 Å². The highest BCUT2D eigenvalue weighted by Crippen LogP contribution is 2.19. The molecule has 2 rings (SSSR count). The van der Waals surface area contributed by atoms with Crippen molar-refractivity contribution in [3.05, 3.63) is 50.1 Å². The molecule has 112 valence electrons. The van der Waals surface area contributed by atoms with E-state index in [4.69, 9.17) is 5.11 Å². The molecule has 3 N–H and O–H groups in total. The molecule has 0 aliphatic rings. The molecule has 0 unspecified atom stereocenters. The Morgan fingerprint density at radius 3 is 2.71 bits per heavy atom. The minimum atomic E-state index is -3.87. The fraction of sp³-hybridized carbons (Fsp3) is 0.167. The minimum absolute atomic E-state index is 0.0678. The number of aromatic amines is 1. The van der Waals surface area contributed by atoms with Gasteiger partial charge in [0.15, 0.2) is 0 Å². The molecular formula is C12H12N2O5S2. The molecule has 1 heterocycles. The first-order valence-electron chi connectivity index (χ1n) is 5.80. The Balaban J connectivity index is 2.29. The summed E-state index contributed by atoms with van der Waals surface area (Å²) in [5.74, 6) is -1.19. The van der Waals surface area contributed by atoms with Crippen molar-refractivity contribution in [3.8, 4) is 0 Å². The molecule has 1 aromatic carbocycles. The summed E-state index contributed by atoms with van der Waals surface area (Å²) in [6, 6.07) is 4.05. The first-order valence-corrected chi connectivity index (χ1v) is 8.17. The van der Waals surface area contributed by atoms with Gasteiger partial charge >= 0.3 is 10.8 Å². The molecule has 0 atom stereocenters. The molecule has 0 radical (unpaired) electrons.